The van der Waals surface area contributed by atoms with Crippen LogP contribution in [0.15, 0.2) is 76.4 Å². The third-order valence-electron chi connectivity index (χ3n) is 6.33. The number of alkyl halides is 3. The van der Waals surface area contributed by atoms with Crippen LogP contribution in [0, 0.1) is 17.6 Å². The fourth-order valence-corrected chi connectivity index (χ4v) is 5.32. The standard InChI is InChI=1S/C27H20F5NO2S/c1-35-25-11-18(17-10-20(17)27(30,31)32)21(28)12-24(25)33-23-8-7-16(9-19(23)22(29)13-26(33)34)36-14-15-5-3-2-4-6-15/h2-9,11-13,17,20H,10,14H2,1H3/t17-,20+/m0/s1. The van der Waals surface area contributed by atoms with E-state index in [0.717, 1.165) is 27.2 Å². The Morgan fingerprint density at radius 1 is 1.00 bits per heavy atom. The number of hydrogen-bond acceptors (Lipinski definition) is 3. The van der Waals surface area contributed by atoms with Crippen molar-refractivity contribution in [3.8, 4) is 11.4 Å². The van der Waals surface area contributed by atoms with Crippen LogP contribution in [0.25, 0.3) is 16.6 Å². The van der Waals surface area contributed by atoms with Gasteiger partial charge in [-0.2, -0.15) is 13.2 Å². The summed E-state index contributed by atoms with van der Waals surface area (Å²) in [6.07, 6.45) is -4.62. The van der Waals surface area contributed by atoms with Crippen molar-refractivity contribution in [1.82, 2.24) is 4.57 Å². The van der Waals surface area contributed by atoms with E-state index in [1.54, 1.807) is 18.2 Å². The highest BCUT2D eigenvalue weighted by molar-refractivity contribution is 7.98. The van der Waals surface area contributed by atoms with Crippen molar-refractivity contribution in [1.29, 1.82) is 0 Å². The monoisotopic (exact) mass is 517 g/mol. The summed E-state index contributed by atoms with van der Waals surface area (Å²) < 4.78 is 75.5. The molecule has 0 N–H and O–H groups in total. The number of ether oxygens (including phenoxy) is 1. The van der Waals surface area contributed by atoms with Crippen molar-refractivity contribution in [2.45, 2.75) is 29.2 Å². The molecule has 1 heterocycles. The highest BCUT2D eigenvalue weighted by Gasteiger charge is 2.57. The molecule has 2 atom stereocenters. The summed E-state index contributed by atoms with van der Waals surface area (Å²) in [6.45, 7) is 0. The van der Waals surface area contributed by atoms with Crippen molar-refractivity contribution in [2.24, 2.45) is 5.92 Å². The number of benzene rings is 3. The molecule has 0 bridgehead atoms. The summed E-state index contributed by atoms with van der Waals surface area (Å²) in [6, 6.07) is 17.6. The molecular weight excluding hydrogens is 497 g/mol. The molecule has 186 valence electrons. The number of nitrogens with zero attached hydrogens (tertiary/aromatic N) is 1. The van der Waals surface area contributed by atoms with Gasteiger partial charge in [-0.05, 0) is 47.7 Å². The van der Waals surface area contributed by atoms with E-state index in [1.165, 1.54) is 24.9 Å². The maximum Gasteiger partial charge on any atom is 0.392 e. The fraction of sp³-hybridized carbons (Fsp3) is 0.222. The van der Waals surface area contributed by atoms with Gasteiger partial charge in [0.05, 0.1) is 24.2 Å². The number of rotatable bonds is 6. The Kier molecular flexibility index (Phi) is 6.28. The number of fused-ring (bicyclic) bond motifs is 1. The zero-order valence-electron chi connectivity index (χ0n) is 19.0. The SMILES string of the molecule is COc1cc([C@@H]2C[C@H]2C(F)(F)F)c(F)cc1-n1c(=O)cc(F)c2cc(SCc3ccccc3)ccc21. The zero-order valence-corrected chi connectivity index (χ0v) is 19.8. The molecule has 3 nitrogen and oxygen atoms in total. The van der Waals surface area contributed by atoms with E-state index in [-0.39, 0.29) is 34.3 Å². The van der Waals surface area contributed by atoms with Crippen LogP contribution in [0.3, 0.4) is 0 Å². The van der Waals surface area contributed by atoms with Gasteiger partial charge in [-0.15, -0.1) is 11.8 Å². The molecule has 9 heteroatoms. The summed E-state index contributed by atoms with van der Waals surface area (Å²) >= 11 is 1.50. The molecule has 0 spiro atoms. The molecule has 3 aromatic carbocycles. The van der Waals surface area contributed by atoms with Crippen LogP contribution in [-0.2, 0) is 5.75 Å². The molecule has 1 saturated carbocycles. The Morgan fingerprint density at radius 2 is 1.75 bits per heavy atom. The van der Waals surface area contributed by atoms with Crippen LogP contribution in [0.1, 0.15) is 23.5 Å². The number of halogens is 5. The number of hydrogen-bond donors (Lipinski definition) is 0. The molecule has 0 aliphatic heterocycles. The molecule has 1 aromatic heterocycles. The Morgan fingerprint density at radius 3 is 2.42 bits per heavy atom. The smallest absolute Gasteiger partial charge is 0.392 e. The van der Waals surface area contributed by atoms with Crippen molar-refractivity contribution in [3.63, 3.8) is 0 Å². The lowest BCUT2D eigenvalue weighted by molar-refractivity contribution is -0.148. The minimum absolute atomic E-state index is 0.0114. The van der Waals surface area contributed by atoms with E-state index in [4.69, 9.17) is 4.74 Å². The van der Waals surface area contributed by atoms with Gasteiger partial charge in [0, 0.05) is 28.2 Å². The molecule has 5 rings (SSSR count). The van der Waals surface area contributed by atoms with Gasteiger partial charge < -0.3 is 4.74 Å². The van der Waals surface area contributed by atoms with Gasteiger partial charge in [-0.3, -0.25) is 9.36 Å². The highest BCUT2D eigenvalue weighted by Crippen LogP contribution is 2.57. The minimum Gasteiger partial charge on any atom is -0.495 e. The normalized spacial score (nSPS) is 17.4. The van der Waals surface area contributed by atoms with E-state index in [9.17, 15) is 22.4 Å². The van der Waals surface area contributed by atoms with Crippen LogP contribution in [0.2, 0.25) is 0 Å². The maximum atomic E-state index is 15.0. The van der Waals surface area contributed by atoms with E-state index in [1.807, 2.05) is 30.3 Å². The molecule has 1 fully saturated rings. The molecule has 1 aliphatic carbocycles. The first-order chi connectivity index (χ1) is 17.2. The molecule has 36 heavy (non-hydrogen) atoms. The molecule has 0 radical (unpaired) electrons. The second-order valence-corrected chi connectivity index (χ2v) is 9.70. The fourth-order valence-electron chi connectivity index (χ4n) is 4.43. The minimum atomic E-state index is -4.41. The van der Waals surface area contributed by atoms with E-state index in [0.29, 0.717) is 5.75 Å². The molecule has 4 aromatic rings. The van der Waals surface area contributed by atoms with Crippen LogP contribution in [0.4, 0.5) is 22.0 Å². The molecule has 1 aliphatic rings. The second-order valence-electron chi connectivity index (χ2n) is 8.66. The first-order valence-electron chi connectivity index (χ1n) is 11.1. The third-order valence-corrected chi connectivity index (χ3v) is 7.40. The Bertz CT molecular complexity index is 1500. The summed E-state index contributed by atoms with van der Waals surface area (Å²) in [4.78, 5) is 13.6. The molecule has 0 unspecified atom stereocenters. The summed E-state index contributed by atoms with van der Waals surface area (Å²) in [7, 11) is 1.28. The maximum absolute atomic E-state index is 15.0. The highest BCUT2D eigenvalue weighted by atomic mass is 32.2. The molecule has 0 saturated heterocycles. The van der Waals surface area contributed by atoms with Crippen molar-refractivity contribution in [2.75, 3.05) is 7.11 Å². The van der Waals surface area contributed by atoms with Gasteiger partial charge in [0.2, 0.25) is 0 Å². The first-order valence-corrected chi connectivity index (χ1v) is 12.1. The summed E-state index contributed by atoms with van der Waals surface area (Å²) in [5, 5.41) is 0.151. The van der Waals surface area contributed by atoms with Crippen LogP contribution in [0.5, 0.6) is 5.75 Å². The van der Waals surface area contributed by atoms with Crippen LogP contribution in [-0.4, -0.2) is 17.9 Å². The average molecular weight is 518 g/mol. The van der Waals surface area contributed by atoms with Gasteiger partial charge in [-0.25, -0.2) is 8.78 Å². The van der Waals surface area contributed by atoms with E-state index >= 15 is 4.39 Å². The lowest BCUT2D eigenvalue weighted by Gasteiger charge is -2.17. The summed E-state index contributed by atoms with van der Waals surface area (Å²) in [5.41, 5.74) is 0.403. The summed E-state index contributed by atoms with van der Waals surface area (Å²) in [5.74, 6) is -3.52. The number of pyridine rings is 1. The van der Waals surface area contributed by atoms with Gasteiger partial charge in [0.1, 0.15) is 17.4 Å². The second kappa shape index (κ2) is 9.28. The first kappa shape index (κ1) is 24.4. The lowest BCUT2D eigenvalue weighted by Crippen LogP contribution is -2.20. The number of aromatic nitrogens is 1. The van der Waals surface area contributed by atoms with Crippen molar-refractivity contribution in [3.05, 3.63) is 99.8 Å². The van der Waals surface area contributed by atoms with Gasteiger partial charge in [0.25, 0.3) is 5.56 Å². The van der Waals surface area contributed by atoms with Crippen LogP contribution >= 0.6 is 11.8 Å². The molecule has 0 amide bonds. The van der Waals surface area contributed by atoms with Crippen LogP contribution < -0.4 is 10.3 Å². The van der Waals surface area contributed by atoms with Gasteiger partial charge >= 0.3 is 6.18 Å². The predicted molar refractivity (Wildman–Crippen MR) is 129 cm³/mol. The number of methoxy groups -OCH3 is 1. The van der Waals surface area contributed by atoms with Gasteiger partial charge in [-0.1, -0.05) is 30.3 Å². The zero-order chi connectivity index (χ0) is 25.6. The Hall–Kier alpha value is -3.33. The van der Waals surface area contributed by atoms with E-state index in [2.05, 4.69) is 0 Å². The van der Waals surface area contributed by atoms with Crippen molar-refractivity contribution >= 4 is 22.7 Å². The average Bonchev–Trinajstić information content (AvgIpc) is 3.65. The van der Waals surface area contributed by atoms with Crippen molar-refractivity contribution < 1.29 is 26.7 Å². The predicted octanol–water partition coefficient (Wildman–Crippen LogP) is 7.24. The third kappa shape index (κ3) is 4.59. The Balaban J connectivity index is 1.55. The lowest BCUT2D eigenvalue weighted by atomic mass is 10.1. The van der Waals surface area contributed by atoms with Gasteiger partial charge in [0.15, 0.2) is 0 Å². The number of thioether (sulfide) groups is 1. The Labute approximate surface area is 207 Å². The largest absolute Gasteiger partial charge is 0.495 e. The van der Waals surface area contributed by atoms with E-state index < -0.39 is 35.2 Å². The topological polar surface area (TPSA) is 31.2 Å². The molecular formula is C27H20F5NO2S. The quantitative estimate of drug-likeness (QED) is 0.200.